The number of carbonyl (C=O) groups is 1. The van der Waals surface area contributed by atoms with Crippen molar-refractivity contribution in [1.29, 1.82) is 0 Å². The predicted molar refractivity (Wildman–Crippen MR) is 97.7 cm³/mol. The second-order valence-electron chi connectivity index (χ2n) is 5.52. The van der Waals surface area contributed by atoms with Crippen LogP contribution in [0.25, 0.3) is 11.3 Å². The third-order valence-electron chi connectivity index (χ3n) is 3.50. The van der Waals surface area contributed by atoms with Crippen molar-refractivity contribution < 1.29 is 26.8 Å². The van der Waals surface area contributed by atoms with Crippen molar-refractivity contribution in [1.82, 2.24) is 4.98 Å². The molecule has 0 aliphatic rings. The van der Waals surface area contributed by atoms with Gasteiger partial charge in [0.2, 0.25) is 5.91 Å². The van der Waals surface area contributed by atoms with Crippen molar-refractivity contribution in [3.8, 4) is 11.3 Å². The van der Waals surface area contributed by atoms with E-state index in [9.17, 15) is 22.4 Å². The Bertz CT molecular complexity index is 990. The maximum absolute atomic E-state index is 13.1. The number of aromatic nitrogens is 1. The summed E-state index contributed by atoms with van der Waals surface area (Å²) in [5, 5.41) is 2.27. The summed E-state index contributed by atoms with van der Waals surface area (Å²) in [7, 11) is 0. The standard InChI is InChI=1S/C18H11ClF4N2O2S/c19-11-3-6-14(13(7-11)18(21,22)23)25-16(26)9-28-17-24-8-15(27-17)10-1-4-12(20)5-2-10/h1-8H,9H2,(H,25,26). The number of anilines is 1. The molecule has 0 bridgehead atoms. The molecule has 0 atom stereocenters. The van der Waals surface area contributed by atoms with E-state index in [1.54, 1.807) is 0 Å². The molecule has 0 aliphatic carbocycles. The first kappa shape index (κ1) is 20.2. The molecule has 3 rings (SSSR count). The Labute approximate surface area is 165 Å². The highest BCUT2D eigenvalue weighted by atomic mass is 35.5. The Morgan fingerprint density at radius 2 is 1.89 bits per heavy atom. The topological polar surface area (TPSA) is 55.1 Å². The van der Waals surface area contributed by atoms with E-state index in [0.717, 1.165) is 23.9 Å². The number of thioether (sulfide) groups is 1. The zero-order chi connectivity index (χ0) is 20.3. The van der Waals surface area contributed by atoms with Crippen LogP contribution in [0.1, 0.15) is 5.56 Å². The van der Waals surface area contributed by atoms with Gasteiger partial charge in [0, 0.05) is 10.6 Å². The number of carbonyl (C=O) groups excluding carboxylic acids is 1. The maximum atomic E-state index is 13.1. The van der Waals surface area contributed by atoms with Crippen LogP contribution < -0.4 is 5.32 Å². The smallest absolute Gasteiger partial charge is 0.418 e. The fraction of sp³-hybridized carbons (Fsp3) is 0.111. The molecule has 2 aromatic carbocycles. The van der Waals surface area contributed by atoms with Gasteiger partial charge in [-0.3, -0.25) is 4.79 Å². The minimum absolute atomic E-state index is 0.0900. The first-order valence-electron chi connectivity index (χ1n) is 7.73. The number of rotatable bonds is 5. The summed E-state index contributed by atoms with van der Waals surface area (Å²) < 4.78 is 57.6. The van der Waals surface area contributed by atoms with E-state index in [1.807, 2.05) is 0 Å². The molecule has 146 valence electrons. The first-order chi connectivity index (χ1) is 13.2. The van der Waals surface area contributed by atoms with E-state index < -0.39 is 23.5 Å². The summed E-state index contributed by atoms with van der Waals surface area (Å²) in [6.45, 7) is 0. The lowest BCUT2D eigenvalue weighted by Gasteiger charge is -2.13. The molecule has 0 spiro atoms. The summed E-state index contributed by atoms with van der Waals surface area (Å²) in [5.74, 6) is -0.905. The zero-order valence-electron chi connectivity index (χ0n) is 13.9. The number of nitrogens with one attached hydrogen (secondary N) is 1. The van der Waals surface area contributed by atoms with E-state index >= 15 is 0 Å². The van der Waals surface area contributed by atoms with E-state index in [2.05, 4.69) is 10.3 Å². The SMILES string of the molecule is O=C(CSc1ncc(-c2ccc(F)cc2)o1)Nc1ccc(Cl)cc1C(F)(F)F. The molecular formula is C18H11ClF4N2O2S. The normalized spacial score (nSPS) is 11.5. The summed E-state index contributed by atoms with van der Waals surface area (Å²) >= 11 is 6.52. The Balaban J connectivity index is 1.63. The van der Waals surface area contributed by atoms with Gasteiger partial charge in [0.25, 0.3) is 5.22 Å². The third kappa shape index (κ3) is 5.05. The lowest BCUT2D eigenvalue weighted by atomic mass is 10.1. The second kappa shape index (κ2) is 8.24. The van der Waals surface area contributed by atoms with Gasteiger partial charge in [-0.2, -0.15) is 13.2 Å². The summed E-state index contributed by atoms with van der Waals surface area (Å²) in [4.78, 5) is 16.0. The van der Waals surface area contributed by atoms with E-state index in [4.69, 9.17) is 16.0 Å². The molecule has 4 nitrogen and oxygen atoms in total. The Morgan fingerprint density at radius 3 is 2.57 bits per heavy atom. The molecule has 28 heavy (non-hydrogen) atoms. The van der Waals surface area contributed by atoms with E-state index in [0.29, 0.717) is 11.3 Å². The predicted octanol–water partition coefficient (Wildman–Crippen LogP) is 5.88. The fourth-order valence-corrected chi connectivity index (χ4v) is 3.02. The van der Waals surface area contributed by atoms with Gasteiger partial charge in [-0.15, -0.1) is 0 Å². The van der Waals surface area contributed by atoms with Gasteiger partial charge >= 0.3 is 6.18 Å². The summed E-state index contributed by atoms with van der Waals surface area (Å²) in [5.41, 5.74) is -0.823. The van der Waals surface area contributed by atoms with Gasteiger partial charge in [0.1, 0.15) is 5.82 Å². The summed E-state index contributed by atoms with van der Waals surface area (Å²) in [6.07, 6.45) is -3.25. The van der Waals surface area contributed by atoms with Crippen molar-refractivity contribution in [3.05, 3.63) is 65.1 Å². The second-order valence-corrected chi connectivity index (χ2v) is 6.88. The van der Waals surface area contributed by atoms with Crippen LogP contribution in [-0.2, 0) is 11.0 Å². The van der Waals surface area contributed by atoms with Gasteiger partial charge < -0.3 is 9.73 Å². The van der Waals surface area contributed by atoms with Gasteiger partial charge in [-0.25, -0.2) is 9.37 Å². The van der Waals surface area contributed by atoms with E-state index in [-0.39, 0.29) is 21.7 Å². The van der Waals surface area contributed by atoms with Crippen molar-refractivity contribution >= 4 is 35.0 Å². The van der Waals surface area contributed by atoms with E-state index in [1.165, 1.54) is 36.5 Å². The van der Waals surface area contributed by atoms with Crippen molar-refractivity contribution in [2.45, 2.75) is 11.4 Å². The van der Waals surface area contributed by atoms with Crippen LogP contribution in [0, 0.1) is 5.82 Å². The molecule has 1 aromatic heterocycles. The minimum Gasteiger partial charge on any atom is -0.431 e. The first-order valence-corrected chi connectivity index (χ1v) is 9.10. The highest BCUT2D eigenvalue weighted by molar-refractivity contribution is 7.99. The number of halogens is 5. The number of hydrogen-bond donors (Lipinski definition) is 1. The maximum Gasteiger partial charge on any atom is 0.418 e. The van der Waals surface area contributed by atoms with Gasteiger partial charge in [-0.05, 0) is 42.5 Å². The van der Waals surface area contributed by atoms with Crippen molar-refractivity contribution in [2.24, 2.45) is 0 Å². The van der Waals surface area contributed by atoms with Gasteiger partial charge in [0.15, 0.2) is 5.76 Å². The molecule has 1 amide bonds. The minimum atomic E-state index is -4.66. The third-order valence-corrected chi connectivity index (χ3v) is 4.58. The van der Waals surface area contributed by atoms with Gasteiger partial charge in [0.05, 0.1) is 23.2 Å². The molecule has 0 radical (unpaired) electrons. The molecule has 0 unspecified atom stereocenters. The number of oxazole rings is 1. The lowest BCUT2D eigenvalue weighted by Crippen LogP contribution is -2.18. The molecule has 0 saturated carbocycles. The zero-order valence-corrected chi connectivity index (χ0v) is 15.5. The Morgan fingerprint density at radius 1 is 1.18 bits per heavy atom. The summed E-state index contributed by atoms with van der Waals surface area (Å²) in [6, 6.07) is 8.64. The lowest BCUT2D eigenvalue weighted by molar-refractivity contribution is -0.137. The number of nitrogens with zero attached hydrogens (tertiary/aromatic N) is 1. The molecule has 10 heteroatoms. The van der Waals surface area contributed by atoms with Crippen LogP contribution in [-0.4, -0.2) is 16.6 Å². The number of amides is 1. The van der Waals surface area contributed by atoms with Crippen LogP contribution >= 0.6 is 23.4 Å². The Hall–Kier alpha value is -2.52. The van der Waals surface area contributed by atoms with Crippen LogP contribution in [0.15, 0.2) is 58.3 Å². The molecule has 3 aromatic rings. The van der Waals surface area contributed by atoms with Crippen molar-refractivity contribution in [3.63, 3.8) is 0 Å². The average Bonchev–Trinajstić information content (AvgIpc) is 3.10. The molecular weight excluding hydrogens is 420 g/mol. The Kier molecular flexibility index (Phi) is 5.95. The fourth-order valence-electron chi connectivity index (χ4n) is 2.25. The van der Waals surface area contributed by atoms with Gasteiger partial charge in [-0.1, -0.05) is 23.4 Å². The monoisotopic (exact) mass is 430 g/mol. The number of hydrogen-bond acceptors (Lipinski definition) is 4. The van der Waals surface area contributed by atoms with Crippen LogP contribution in [0.2, 0.25) is 5.02 Å². The van der Waals surface area contributed by atoms with Crippen LogP contribution in [0.5, 0.6) is 0 Å². The molecule has 0 fully saturated rings. The highest BCUT2D eigenvalue weighted by Gasteiger charge is 2.34. The number of alkyl halides is 3. The molecule has 0 aliphatic heterocycles. The van der Waals surface area contributed by atoms with Crippen LogP contribution in [0.3, 0.4) is 0 Å². The quantitative estimate of drug-likeness (QED) is 0.405. The largest absolute Gasteiger partial charge is 0.431 e. The van der Waals surface area contributed by atoms with Crippen molar-refractivity contribution in [2.75, 3.05) is 11.1 Å². The molecule has 1 heterocycles. The molecule has 0 saturated heterocycles. The number of benzene rings is 2. The molecule has 1 N–H and O–H groups in total. The highest BCUT2D eigenvalue weighted by Crippen LogP contribution is 2.36. The van der Waals surface area contributed by atoms with Crippen LogP contribution in [0.4, 0.5) is 23.2 Å². The average molecular weight is 431 g/mol.